The van der Waals surface area contributed by atoms with Crippen molar-refractivity contribution in [3.05, 3.63) is 90.5 Å². The molecule has 380 valence electrons. The van der Waals surface area contributed by atoms with E-state index < -0.39 is 115 Å². The van der Waals surface area contributed by atoms with Gasteiger partial charge >= 0.3 is 12.1 Å². The van der Waals surface area contributed by atoms with Gasteiger partial charge in [0.1, 0.15) is 42.4 Å². The fraction of sp³-hybridized carbons (Fsp3) is 0.432. The molecule has 1 aliphatic heterocycles. The van der Waals surface area contributed by atoms with Crippen molar-refractivity contribution in [2.45, 2.75) is 101 Å². The highest BCUT2D eigenvalue weighted by Crippen LogP contribution is 2.21. The number of aromatic amines is 3. The molecule has 3 aromatic heterocycles. The van der Waals surface area contributed by atoms with Crippen molar-refractivity contribution in [2.75, 3.05) is 19.6 Å². The van der Waals surface area contributed by atoms with E-state index in [2.05, 4.69) is 67.1 Å². The number of amides is 9. The number of aromatic nitrogens is 6. The lowest BCUT2D eigenvalue weighted by Gasteiger charge is -2.32. The summed E-state index contributed by atoms with van der Waals surface area (Å²) in [6, 6.07) is 2.65. The van der Waals surface area contributed by atoms with Gasteiger partial charge in [-0.1, -0.05) is 30.3 Å². The van der Waals surface area contributed by atoms with Crippen LogP contribution in [0.25, 0.3) is 0 Å². The Morgan fingerprint density at radius 1 is 0.746 bits per heavy atom. The molecule has 71 heavy (non-hydrogen) atoms. The third-order valence-electron chi connectivity index (χ3n) is 11.0. The SMILES string of the molecule is CC(C)(NC(=O)[C@H]1CCCN1C(=O)[C@H](Cc1cnc[nH]1)NC(=O)CNC(=O)[C@H](Cc1cnc[nH]1)NC(=O)OCc1ccccc1)C(=O)N[C@@H](Cc1cnc[nH]1)C(=O)NCC(=O)N[C@@H](CCC(=O)O)C(N)=O. The van der Waals surface area contributed by atoms with E-state index >= 15 is 0 Å². The van der Waals surface area contributed by atoms with Crippen molar-refractivity contribution in [1.82, 2.24) is 72.0 Å². The zero-order valence-electron chi connectivity index (χ0n) is 38.8. The lowest BCUT2D eigenvalue weighted by atomic mass is 10.0. The van der Waals surface area contributed by atoms with E-state index in [1.807, 2.05) is 6.07 Å². The second-order valence-electron chi connectivity index (χ2n) is 16.9. The van der Waals surface area contributed by atoms with Crippen molar-refractivity contribution >= 4 is 59.3 Å². The minimum atomic E-state index is -1.71. The number of hydrogen-bond donors (Lipinski definition) is 12. The number of nitrogens with zero attached hydrogens (tertiary/aromatic N) is 4. The number of ether oxygens (including phenoxy) is 1. The number of hydrogen-bond acceptors (Lipinski definition) is 14. The van der Waals surface area contributed by atoms with E-state index in [0.29, 0.717) is 23.5 Å². The zero-order chi connectivity index (χ0) is 51.5. The lowest BCUT2D eigenvalue weighted by molar-refractivity contribution is -0.143. The molecule has 0 spiro atoms. The number of imidazole rings is 3. The van der Waals surface area contributed by atoms with Crippen LogP contribution in [0.4, 0.5) is 4.79 Å². The van der Waals surface area contributed by atoms with Gasteiger partial charge in [0.25, 0.3) is 0 Å². The smallest absolute Gasteiger partial charge is 0.408 e. The molecule has 9 amide bonds. The number of nitrogens with one attached hydrogen (secondary N) is 10. The number of carboxylic acid groups (broad SMARTS) is 1. The van der Waals surface area contributed by atoms with Crippen molar-refractivity contribution in [1.29, 1.82) is 0 Å². The number of carbonyl (C=O) groups excluding carboxylic acids is 9. The van der Waals surface area contributed by atoms with Gasteiger partial charge in [0.05, 0.1) is 32.1 Å². The quantitative estimate of drug-likeness (QED) is 0.0300. The second-order valence-corrected chi connectivity index (χ2v) is 16.9. The van der Waals surface area contributed by atoms with Gasteiger partial charge in [-0.15, -0.1) is 0 Å². The topological polar surface area (TPSA) is 400 Å². The summed E-state index contributed by atoms with van der Waals surface area (Å²) in [5.41, 5.74) is 5.68. The number of aliphatic carboxylic acids is 1. The number of alkyl carbamates (subject to hydrolysis) is 1. The molecule has 1 saturated heterocycles. The highest BCUT2D eigenvalue weighted by atomic mass is 16.5. The number of rotatable bonds is 26. The Labute approximate surface area is 405 Å². The number of nitrogens with two attached hydrogens (primary N) is 1. The van der Waals surface area contributed by atoms with Crippen LogP contribution in [0.15, 0.2) is 67.9 Å². The van der Waals surface area contributed by atoms with Crippen LogP contribution in [-0.2, 0) is 73.8 Å². The van der Waals surface area contributed by atoms with Gasteiger partial charge in [-0.05, 0) is 38.7 Å². The number of carbonyl (C=O) groups is 10. The third kappa shape index (κ3) is 16.8. The van der Waals surface area contributed by atoms with Gasteiger partial charge in [-0.25, -0.2) is 19.7 Å². The number of benzene rings is 1. The molecule has 1 aromatic carbocycles. The fourth-order valence-corrected chi connectivity index (χ4v) is 7.29. The lowest BCUT2D eigenvalue weighted by Crippen LogP contribution is -2.62. The summed E-state index contributed by atoms with van der Waals surface area (Å²) < 4.78 is 5.29. The van der Waals surface area contributed by atoms with Crippen LogP contribution in [0.1, 0.15) is 62.2 Å². The van der Waals surface area contributed by atoms with Crippen molar-refractivity contribution in [3.8, 4) is 0 Å². The molecule has 0 saturated carbocycles. The first-order valence-electron chi connectivity index (χ1n) is 22.4. The summed E-state index contributed by atoms with van der Waals surface area (Å²) in [5, 5.41) is 26.5. The zero-order valence-corrected chi connectivity index (χ0v) is 38.8. The van der Waals surface area contributed by atoms with Crippen LogP contribution in [0.3, 0.4) is 0 Å². The first-order valence-corrected chi connectivity index (χ1v) is 22.4. The molecule has 0 bridgehead atoms. The predicted molar refractivity (Wildman–Crippen MR) is 245 cm³/mol. The van der Waals surface area contributed by atoms with Crippen LogP contribution in [-0.4, -0.2) is 155 Å². The van der Waals surface area contributed by atoms with E-state index in [9.17, 15) is 47.9 Å². The molecule has 5 atom stereocenters. The van der Waals surface area contributed by atoms with Crippen molar-refractivity contribution in [3.63, 3.8) is 0 Å². The average molecular weight is 988 g/mol. The largest absolute Gasteiger partial charge is 0.481 e. The molecule has 0 radical (unpaired) electrons. The molecule has 1 fully saturated rings. The summed E-state index contributed by atoms with van der Waals surface area (Å²) in [7, 11) is 0. The van der Waals surface area contributed by atoms with E-state index in [4.69, 9.17) is 15.6 Å². The van der Waals surface area contributed by atoms with Gasteiger partial charge in [0.15, 0.2) is 0 Å². The Hall–Kier alpha value is -8.65. The first kappa shape index (κ1) is 53.3. The highest BCUT2D eigenvalue weighted by Gasteiger charge is 2.41. The summed E-state index contributed by atoms with van der Waals surface area (Å²) in [6.45, 7) is 1.51. The molecule has 13 N–H and O–H groups in total. The number of primary amides is 1. The number of carboxylic acids is 1. The maximum Gasteiger partial charge on any atom is 0.408 e. The molecule has 27 heteroatoms. The molecular weight excluding hydrogens is 931 g/mol. The molecule has 1 aliphatic rings. The highest BCUT2D eigenvalue weighted by molar-refractivity contribution is 5.98. The summed E-state index contributed by atoms with van der Waals surface area (Å²) in [6.07, 6.45) is 7.12. The number of H-pyrrole nitrogens is 3. The van der Waals surface area contributed by atoms with Crippen LogP contribution >= 0.6 is 0 Å². The Balaban J connectivity index is 1.20. The van der Waals surface area contributed by atoms with Crippen molar-refractivity contribution < 1.29 is 57.8 Å². The molecule has 4 aromatic rings. The van der Waals surface area contributed by atoms with Crippen LogP contribution in [0.5, 0.6) is 0 Å². The monoisotopic (exact) mass is 987 g/mol. The summed E-state index contributed by atoms with van der Waals surface area (Å²) in [4.78, 5) is 152. The second kappa shape index (κ2) is 25.6. The van der Waals surface area contributed by atoms with Crippen molar-refractivity contribution in [2.24, 2.45) is 5.73 Å². The molecule has 5 rings (SSSR count). The van der Waals surface area contributed by atoms with E-state index in [0.717, 1.165) is 5.56 Å². The Morgan fingerprint density at radius 2 is 1.27 bits per heavy atom. The van der Waals surface area contributed by atoms with Gasteiger partial charge in [0, 0.05) is 67.9 Å². The van der Waals surface area contributed by atoms with Crippen LogP contribution in [0.2, 0.25) is 0 Å². The van der Waals surface area contributed by atoms with Gasteiger partial charge in [0.2, 0.25) is 47.3 Å². The maximum atomic E-state index is 14.3. The normalized spacial score (nSPS) is 14.9. The standard InChI is InChI=1S/C44H57N15O12/c1-44(2,42(69)56-30(13-26-16-46-22-51-26)38(65)49-19-34(60)54-29(37(45)64)10-11-36(62)63)58-40(67)33-9-6-12-59(33)41(68)32(15-28-18-48-24-53-28)55-35(61)20-50-39(66)31(14-27-17-47-23-52-27)57-43(70)71-21-25-7-4-3-5-8-25/h3-5,7-8,16-18,22-24,29-33H,6,9-15,19-21H2,1-2H3,(H2,45,64)(H,46,51)(H,47,52)(H,48,53)(H,49,65)(H,50,66)(H,54,60)(H,55,61)(H,56,69)(H,57,70)(H,58,67)(H,62,63)/t29-,30-,31-,32-,33+/m0/s1. The Morgan fingerprint density at radius 3 is 1.77 bits per heavy atom. The first-order chi connectivity index (χ1) is 33.9. The van der Waals surface area contributed by atoms with Crippen LogP contribution in [0, 0.1) is 0 Å². The Bertz CT molecular complexity index is 2470. The number of likely N-dealkylation sites (tertiary alicyclic amines) is 1. The minimum absolute atomic E-state index is 0.0338. The fourth-order valence-electron chi connectivity index (χ4n) is 7.29. The van der Waals surface area contributed by atoms with Crippen LogP contribution < -0.4 is 43.0 Å². The van der Waals surface area contributed by atoms with Gasteiger partial charge in [-0.2, -0.15) is 0 Å². The third-order valence-corrected chi connectivity index (χ3v) is 11.0. The molecule has 0 aliphatic carbocycles. The molecule has 0 unspecified atom stereocenters. The Kier molecular flexibility index (Phi) is 19.3. The van der Waals surface area contributed by atoms with Gasteiger partial charge in [-0.3, -0.25) is 43.2 Å². The maximum absolute atomic E-state index is 14.3. The van der Waals surface area contributed by atoms with E-state index in [1.165, 1.54) is 56.3 Å². The summed E-state index contributed by atoms with van der Waals surface area (Å²) >= 11 is 0. The molecule has 27 nitrogen and oxygen atoms in total. The minimum Gasteiger partial charge on any atom is -0.481 e. The summed E-state index contributed by atoms with van der Waals surface area (Å²) in [5.74, 6) is -7.61. The molecule has 4 heterocycles. The average Bonchev–Trinajstić information content (AvgIpc) is 4.20. The predicted octanol–water partition coefficient (Wildman–Crippen LogP) is -2.90. The van der Waals surface area contributed by atoms with E-state index in [-0.39, 0.29) is 45.3 Å². The molecular formula is C44H57N15O12. The van der Waals surface area contributed by atoms with Gasteiger partial charge < -0.3 is 72.6 Å². The van der Waals surface area contributed by atoms with E-state index in [1.54, 1.807) is 24.3 Å².